The van der Waals surface area contributed by atoms with Gasteiger partial charge in [-0.05, 0) is 31.6 Å². The largest absolute Gasteiger partial charge is 0.405 e. The Morgan fingerprint density at radius 3 is 2.33 bits per heavy atom. The fourth-order valence-corrected chi connectivity index (χ4v) is 2.58. The van der Waals surface area contributed by atoms with E-state index in [0.29, 0.717) is 0 Å². The van der Waals surface area contributed by atoms with Crippen molar-refractivity contribution in [1.82, 2.24) is 5.32 Å². The molecule has 0 aliphatic heterocycles. The standard InChI is InChI=1S/C13H21F3N2/c1-2-3-10-4-6-12(7-5-10)18-9-11(8-17)13(14,15)16/h10-12,18H,2-7,9H2,1H3. The van der Waals surface area contributed by atoms with Gasteiger partial charge in [0.25, 0.3) is 0 Å². The molecule has 1 fully saturated rings. The van der Waals surface area contributed by atoms with E-state index in [1.165, 1.54) is 18.9 Å². The predicted molar refractivity (Wildman–Crippen MR) is 63.8 cm³/mol. The zero-order valence-electron chi connectivity index (χ0n) is 10.8. The highest BCUT2D eigenvalue weighted by molar-refractivity contribution is 4.91. The van der Waals surface area contributed by atoms with Crippen LogP contribution in [0.15, 0.2) is 0 Å². The number of rotatable bonds is 5. The van der Waals surface area contributed by atoms with Gasteiger partial charge >= 0.3 is 6.18 Å². The number of nitriles is 1. The second kappa shape index (κ2) is 6.98. The number of hydrogen-bond acceptors (Lipinski definition) is 2. The van der Waals surface area contributed by atoms with Crippen molar-refractivity contribution in [2.45, 2.75) is 57.7 Å². The number of nitrogens with one attached hydrogen (secondary N) is 1. The van der Waals surface area contributed by atoms with Crippen molar-refractivity contribution in [1.29, 1.82) is 5.26 Å². The van der Waals surface area contributed by atoms with Crippen molar-refractivity contribution in [2.75, 3.05) is 6.54 Å². The molecule has 2 nitrogen and oxygen atoms in total. The van der Waals surface area contributed by atoms with E-state index in [4.69, 9.17) is 5.26 Å². The SMILES string of the molecule is CCCC1CCC(NCC(C#N)C(F)(F)F)CC1. The molecule has 104 valence electrons. The lowest BCUT2D eigenvalue weighted by Crippen LogP contribution is -2.40. The van der Waals surface area contributed by atoms with Crippen LogP contribution in [0.25, 0.3) is 0 Å². The molecule has 1 unspecified atom stereocenters. The van der Waals surface area contributed by atoms with Gasteiger partial charge < -0.3 is 5.32 Å². The lowest BCUT2D eigenvalue weighted by atomic mass is 9.83. The second-order valence-electron chi connectivity index (χ2n) is 5.14. The van der Waals surface area contributed by atoms with Gasteiger partial charge in [-0.3, -0.25) is 0 Å². The summed E-state index contributed by atoms with van der Waals surface area (Å²) in [5.74, 6) is -1.15. The van der Waals surface area contributed by atoms with E-state index < -0.39 is 12.1 Å². The molecule has 0 aromatic rings. The van der Waals surface area contributed by atoms with Gasteiger partial charge in [0, 0.05) is 12.6 Å². The van der Waals surface area contributed by atoms with Crippen molar-refractivity contribution >= 4 is 0 Å². The Kier molecular flexibility index (Phi) is 5.94. The van der Waals surface area contributed by atoms with Gasteiger partial charge in [0.2, 0.25) is 0 Å². The van der Waals surface area contributed by atoms with Crippen LogP contribution >= 0.6 is 0 Å². The highest BCUT2D eigenvalue weighted by Gasteiger charge is 2.40. The molecule has 0 heterocycles. The third-order valence-electron chi connectivity index (χ3n) is 3.71. The summed E-state index contributed by atoms with van der Waals surface area (Å²) in [6.07, 6.45) is 2.02. The van der Waals surface area contributed by atoms with Crippen LogP contribution in [0.5, 0.6) is 0 Å². The Labute approximate surface area is 107 Å². The van der Waals surface area contributed by atoms with E-state index >= 15 is 0 Å². The maximum absolute atomic E-state index is 12.4. The third kappa shape index (κ3) is 4.85. The van der Waals surface area contributed by atoms with Crippen LogP contribution < -0.4 is 5.32 Å². The Morgan fingerprint density at radius 1 is 1.28 bits per heavy atom. The van der Waals surface area contributed by atoms with E-state index in [1.807, 2.05) is 0 Å². The summed E-state index contributed by atoms with van der Waals surface area (Å²) >= 11 is 0. The number of alkyl halides is 3. The zero-order chi connectivity index (χ0) is 13.6. The number of halogens is 3. The summed E-state index contributed by atoms with van der Waals surface area (Å²) in [7, 11) is 0. The molecule has 0 aromatic carbocycles. The molecule has 0 amide bonds. The molecule has 5 heteroatoms. The average Bonchev–Trinajstić information content (AvgIpc) is 2.30. The molecular formula is C13H21F3N2. The molecule has 0 spiro atoms. The second-order valence-corrected chi connectivity index (χ2v) is 5.14. The molecule has 1 N–H and O–H groups in total. The molecule has 1 rings (SSSR count). The molecular weight excluding hydrogens is 241 g/mol. The van der Waals surface area contributed by atoms with E-state index in [1.54, 1.807) is 0 Å². The maximum atomic E-state index is 12.4. The van der Waals surface area contributed by atoms with E-state index in [9.17, 15) is 13.2 Å². The number of nitrogens with zero attached hydrogens (tertiary/aromatic N) is 1. The smallest absolute Gasteiger partial charge is 0.312 e. The maximum Gasteiger partial charge on any atom is 0.405 e. The summed E-state index contributed by atoms with van der Waals surface area (Å²) < 4.78 is 37.1. The molecule has 0 aromatic heterocycles. The predicted octanol–water partition coefficient (Wildman–Crippen LogP) is 3.64. The fraction of sp³-hybridized carbons (Fsp3) is 0.923. The van der Waals surface area contributed by atoms with Crippen LogP contribution in [0.2, 0.25) is 0 Å². The van der Waals surface area contributed by atoms with Gasteiger partial charge in [0.1, 0.15) is 0 Å². The lowest BCUT2D eigenvalue weighted by molar-refractivity contribution is -0.158. The summed E-state index contributed by atoms with van der Waals surface area (Å²) in [5, 5.41) is 11.4. The van der Waals surface area contributed by atoms with Crippen LogP contribution in [0.3, 0.4) is 0 Å². The Morgan fingerprint density at radius 2 is 1.89 bits per heavy atom. The van der Waals surface area contributed by atoms with Gasteiger partial charge in [-0.25, -0.2) is 0 Å². The quantitative estimate of drug-likeness (QED) is 0.821. The molecule has 0 bridgehead atoms. The Bertz CT molecular complexity index is 275. The zero-order valence-corrected chi connectivity index (χ0v) is 10.8. The average molecular weight is 262 g/mol. The van der Waals surface area contributed by atoms with Crippen LogP contribution in [0, 0.1) is 23.2 Å². The van der Waals surface area contributed by atoms with Crippen LogP contribution in [0.1, 0.15) is 45.4 Å². The first-order valence-electron chi connectivity index (χ1n) is 6.67. The molecule has 1 atom stereocenters. The minimum Gasteiger partial charge on any atom is -0.312 e. The van der Waals surface area contributed by atoms with Crippen LogP contribution in [0.4, 0.5) is 13.2 Å². The molecule has 0 saturated heterocycles. The summed E-state index contributed by atoms with van der Waals surface area (Å²) in [5.41, 5.74) is 0. The van der Waals surface area contributed by atoms with Crippen molar-refractivity contribution in [2.24, 2.45) is 11.8 Å². The fourth-order valence-electron chi connectivity index (χ4n) is 2.58. The van der Waals surface area contributed by atoms with Gasteiger partial charge in [0.15, 0.2) is 5.92 Å². The van der Waals surface area contributed by atoms with E-state index in [0.717, 1.165) is 31.6 Å². The molecule has 1 aliphatic carbocycles. The highest BCUT2D eigenvalue weighted by Crippen LogP contribution is 2.29. The van der Waals surface area contributed by atoms with Crippen molar-refractivity contribution < 1.29 is 13.2 Å². The normalized spacial score (nSPS) is 26.6. The van der Waals surface area contributed by atoms with Crippen LogP contribution in [-0.4, -0.2) is 18.8 Å². The van der Waals surface area contributed by atoms with Gasteiger partial charge in [-0.1, -0.05) is 19.8 Å². The van der Waals surface area contributed by atoms with E-state index in [2.05, 4.69) is 12.2 Å². The Hall–Kier alpha value is -0.760. The molecule has 18 heavy (non-hydrogen) atoms. The highest BCUT2D eigenvalue weighted by atomic mass is 19.4. The monoisotopic (exact) mass is 262 g/mol. The first kappa shape index (κ1) is 15.3. The first-order valence-corrected chi connectivity index (χ1v) is 6.67. The van der Waals surface area contributed by atoms with Gasteiger partial charge in [-0.15, -0.1) is 0 Å². The topological polar surface area (TPSA) is 35.8 Å². The van der Waals surface area contributed by atoms with E-state index in [-0.39, 0.29) is 12.6 Å². The summed E-state index contributed by atoms with van der Waals surface area (Å²) in [6.45, 7) is 1.88. The minimum absolute atomic E-state index is 0.149. The summed E-state index contributed by atoms with van der Waals surface area (Å²) in [6, 6.07) is 1.47. The first-order chi connectivity index (χ1) is 8.47. The van der Waals surface area contributed by atoms with Gasteiger partial charge in [-0.2, -0.15) is 18.4 Å². The molecule has 1 saturated carbocycles. The minimum atomic E-state index is -4.42. The lowest BCUT2D eigenvalue weighted by Gasteiger charge is -2.29. The number of hydrogen-bond donors (Lipinski definition) is 1. The van der Waals surface area contributed by atoms with Crippen LogP contribution in [-0.2, 0) is 0 Å². The van der Waals surface area contributed by atoms with Crippen molar-refractivity contribution in [3.8, 4) is 6.07 Å². The van der Waals surface area contributed by atoms with Crippen molar-refractivity contribution in [3.05, 3.63) is 0 Å². The molecule has 0 radical (unpaired) electrons. The van der Waals surface area contributed by atoms with Crippen molar-refractivity contribution in [3.63, 3.8) is 0 Å². The van der Waals surface area contributed by atoms with Gasteiger partial charge in [0.05, 0.1) is 6.07 Å². The third-order valence-corrected chi connectivity index (χ3v) is 3.71. The summed E-state index contributed by atoms with van der Waals surface area (Å²) in [4.78, 5) is 0. The molecule has 1 aliphatic rings. The Balaban J connectivity index is 2.27.